The predicted octanol–water partition coefficient (Wildman–Crippen LogP) is 4.91. The SMILES string of the molecule is Cc1ccccc1-c1ccc(C(=O)N[C@@H]2c3cc(CN(C)CCCn4cccn4)ccc3C[C@H]2O)c(F)c1. The van der Waals surface area contributed by atoms with Crippen LogP contribution in [0.2, 0.25) is 0 Å². The quantitative estimate of drug-likeness (QED) is 0.334. The summed E-state index contributed by atoms with van der Waals surface area (Å²) in [6.45, 7) is 4.50. The summed E-state index contributed by atoms with van der Waals surface area (Å²) < 4.78 is 17.0. The van der Waals surface area contributed by atoms with Crippen molar-refractivity contribution in [1.29, 1.82) is 0 Å². The molecular weight excluding hydrogens is 479 g/mol. The van der Waals surface area contributed by atoms with Crippen molar-refractivity contribution in [3.63, 3.8) is 0 Å². The summed E-state index contributed by atoms with van der Waals surface area (Å²) >= 11 is 0. The maximum atomic E-state index is 15.0. The number of aliphatic hydroxyl groups excluding tert-OH is 1. The number of halogens is 1. The fourth-order valence-corrected chi connectivity index (χ4v) is 5.25. The van der Waals surface area contributed by atoms with E-state index in [1.807, 2.05) is 54.2 Å². The monoisotopic (exact) mass is 512 g/mol. The second kappa shape index (κ2) is 11.3. The molecule has 2 atom stereocenters. The van der Waals surface area contributed by atoms with Crippen molar-refractivity contribution in [3.05, 3.63) is 113 Å². The van der Waals surface area contributed by atoms with Gasteiger partial charge in [0.1, 0.15) is 5.82 Å². The van der Waals surface area contributed by atoms with Gasteiger partial charge in [0.25, 0.3) is 5.91 Å². The van der Waals surface area contributed by atoms with E-state index >= 15 is 4.39 Å². The summed E-state index contributed by atoms with van der Waals surface area (Å²) in [5.74, 6) is -1.11. The zero-order valence-corrected chi connectivity index (χ0v) is 21.8. The normalized spacial score (nSPS) is 16.6. The Kier molecular flexibility index (Phi) is 7.67. The fourth-order valence-electron chi connectivity index (χ4n) is 5.25. The molecule has 1 heterocycles. The van der Waals surface area contributed by atoms with Gasteiger partial charge in [-0.15, -0.1) is 0 Å². The zero-order valence-electron chi connectivity index (χ0n) is 21.8. The molecular formula is C31H33FN4O2. The number of aromatic nitrogens is 2. The van der Waals surface area contributed by atoms with Gasteiger partial charge in [-0.25, -0.2) is 4.39 Å². The Balaban J connectivity index is 1.25. The van der Waals surface area contributed by atoms with Gasteiger partial charge >= 0.3 is 0 Å². The van der Waals surface area contributed by atoms with E-state index in [0.717, 1.165) is 59.4 Å². The van der Waals surface area contributed by atoms with E-state index < -0.39 is 23.9 Å². The van der Waals surface area contributed by atoms with Gasteiger partial charge in [0.2, 0.25) is 0 Å². The minimum atomic E-state index is -0.759. The molecule has 3 aromatic carbocycles. The lowest BCUT2D eigenvalue weighted by molar-refractivity contribution is 0.0854. The first-order chi connectivity index (χ1) is 18.4. The largest absolute Gasteiger partial charge is 0.390 e. The molecule has 1 amide bonds. The Morgan fingerprint density at radius 2 is 2.00 bits per heavy atom. The van der Waals surface area contributed by atoms with Crippen LogP contribution in [0.4, 0.5) is 4.39 Å². The number of aryl methyl sites for hydroxylation is 2. The number of amides is 1. The average Bonchev–Trinajstić information content (AvgIpc) is 3.52. The molecule has 4 aromatic rings. The molecule has 0 fully saturated rings. The summed E-state index contributed by atoms with van der Waals surface area (Å²) in [5, 5.41) is 17.9. The molecule has 0 saturated heterocycles. The highest BCUT2D eigenvalue weighted by Gasteiger charge is 2.33. The molecule has 0 saturated carbocycles. The summed E-state index contributed by atoms with van der Waals surface area (Å²) in [4.78, 5) is 15.3. The van der Waals surface area contributed by atoms with E-state index in [1.165, 1.54) is 12.1 Å². The van der Waals surface area contributed by atoms with Crippen LogP contribution < -0.4 is 5.32 Å². The first kappa shape index (κ1) is 25.8. The van der Waals surface area contributed by atoms with Crippen LogP contribution in [0.5, 0.6) is 0 Å². The van der Waals surface area contributed by atoms with Crippen LogP contribution in [0.1, 0.15) is 45.1 Å². The molecule has 38 heavy (non-hydrogen) atoms. The topological polar surface area (TPSA) is 70.4 Å². The number of carbonyl (C=O) groups excluding carboxylic acids is 1. The molecule has 0 aliphatic heterocycles. The Morgan fingerprint density at radius 3 is 2.76 bits per heavy atom. The summed E-state index contributed by atoms with van der Waals surface area (Å²) in [7, 11) is 2.08. The van der Waals surface area contributed by atoms with E-state index in [-0.39, 0.29) is 5.56 Å². The Labute approximate surface area is 222 Å². The van der Waals surface area contributed by atoms with Gasteiger partial charge < -0.3 is 15.3 Å². The van der Waals surface area contributed by atoms with Gasteiger partial charge in [-0.3, -0.25) is 9.48 Å². The molecule has 0 spiro atoms. The molecule has 0 unspecified atom stereocenters. The molecule has 0 bridgehead atoms. The number of rotatable bonds is 9. The summed E-state index contributed by atoms with van der Waals surface area (Å²) in [6.07, 6.45) is 4.42. The van der Waals surface area contributed by atoms with Crippen molar-refractivity contribution < 1.29 is 14.3 Å². The van der Waals surface area contributed by atoms with E-state index in [0.29, 0.717) is 6.42 Å². The van der Waals surface area contributed by atoms with Crippen LogP contribution in [-0.4, -0.2) is 45.4 Å². The van der Waals surface area contributed by atoms with Gasteiger partial charge in [-0.05, 0) is 78.5 Å². The van der Waals surface area contributed by atoms with Crippen molar-refractivity contribution in [3.8, 4) is 11.1 Å². The minimum absolute atomic E-state index is 0.0314. The number of carbonyl (C=O) groups is 1. The van der Waals surface area contributed by atoms with Gasteiger partial charge in [-0.1, -0.05) is 48.5 Å². The fraction of sp³-hybridized carbons (Fsp3) is 0.290. The minimum Gasteiger partial charge on any atom is -0.390 e. The summed E-state index contributed by atoms with van der Waals surface area (Å²) in [5.41, 5.74) is 5.66. The molecule has 1 aromatic heterocycles. The van der Waals surface area contributed by atoms with Crippen LogP contribution in [0.3, 0.4) is 0 Å². The predicted molar refractivity (Wildman–Crippen MR) is 146 cm³/mol. The number of nitrogens with one attached hydrogen (secondary N) is 1. The Morgan fingerprint density at radius 1 is 1.16 bits per heavy atom. The molecule has 196 valence electrons. The van der Waals surface area contributed by atoms with Crippen LogP contribution >= 0.6 is 0 Å². The van der Waals surface area contributed by atoms with Gasteiger partial charge in [0.05, 0.1) is 17.7 Å². The van der Waals surface area contributed by atoms with Crippen molar-refractivity contribution in [2.24, 2.45) is 0 Å². The Bertz CT molecular complexity index is 1420. The lowest BCUT2D eigenvalue weighted by Gasteiger charge is -2.20. The third-order valence-corrected chi connectivity index (χ3v) is 7.25. The Hall–Kier alpha value is -3.81. The van der Waals surface area contributed by atoms with Crippen molar-refractivity contribution >= 4 is 5.91 Å². The standard InChI is InChI=1S/C31H33FN4O2/c1-21-7-3-4-8-25(21)23-11-12-26(28(32)18-23)31(38)34-30-27-17-22(9-10-24(27)19-29(30)37)20-35(2)14-6-16-36-15-5-13-33-36/h3-5,7-13,15,17-18,29-30,37H,6,14,16,19-20H2,1-2H3,(H,34,38)/t29-,30-/m1/s1. The van der Waals surface area contributed by atoms with E-state index in [4.69, 9.17) is 0 Å². The smallest absolute Gasteiger partial charge is 0.254 e. The maximum absolute atomic E-state index is 15.0. The number of fused-ring (bicyclic) bond motifs is 1. The van der Waals surface area contributed by atoms with Crippen LogP contribution in [0.15, 0.2) is 79.1 Å². The third-order valence-electron chi connectivity index (χ3n) is 7.25. The number of nitrogens with zero attached hydrogens (tertiary/aromatic N) is 3. The highest BCUT2D eigenvalue weighted by Crippen LogP contribution is 2.33. The lowest BCUT2D eigenvalue weighted by atomic mass is 9.99. The van der Waals surface area contributed by atoms with Gasteiger partial charge in [0, 0.05) is 31.9 Å². The molecule has 5 rings (SSSR count). The van der Waals surface area contributed by atoms with Gasteiger partial charge in [0.15, 0.2) is 0 Å². The molecule has 1 aliphatic rings. The van der Waals surface area contributed by atoms with Crippen LogP contribution in [-0.2, 0) is 19.5 Å². The first-order valence-corrected chi connectivity index (χ1v) is 13.0. The van der Waals surface area contributed by atoms with Gasteiger partial charge in [-0.2, -0.15) is 5.10 Å². The summed E-state index contributed by atoms with van der Waals surface area (Å²) in [6, 6.07) is 19.9. The third kappa shape index (κ3) is 5.69. The number of benzene rings is 3. The molecule has 6 nitrogen and oxygen atoms in total. The van der Waals surface area contributed by atoms with Crippen LogP contribution in [0, 0.1) is 12.7 Å². The van der Waals surface area contributed by atoms with E-state index in [1.54, 1.807) is 12.3 Å². The average molecular weight is 513 g/mol. The molecule has 7 heteroatoms. The molecule has 0 radical (unpaired) electrons. The lowest BCUT2D eigenvalue weighted by Crippen LogP contribution is -2.34. The highest BCUT2D eigenvalue weighted by molar-refractivity contribution is 5.95. The second-order valence-corrected chi connectivity index (χ2v) is 10.1. The zero-order chi connectivity index (χ0) is 26.6. The van der Waals surface area contributed by atoms with Crippen LogP contribution in [0.25, 0.3) is 11.1 Å². The van der Waals surface area contributed by atoms with Crippen molar-refractivity contribution in [2.45, 2.75) is 45.0 Å². The number of hydrogen-bond acceptors (Lipinski definition) is 4. The van der Waals surface area contributed by atoms with Crippen molar-refractivity contribution in [2.75, 3.05) is 13.6 Å². The molecule has 2 N–H and O–H groups in total. The number of hydrogen-bond donors (Lipinski definition) is 2. The highest BCUT2D eigenvalue weighted by atomic mass is 19.1. The molecule has 1 aliphatic carbocycles. The van der Waals surface area contributed by atoms with E-state index in [2.05, 4.69) is 34.5 Å². The van der Waals surface area contributed by atoms with E-state index in [9.17, 15) is 9.90 Å². The van der Waals surface area contributed by atoms with Crippen molar-refractivity contribution in [1.82, 2.24) is 20.0 Å². The second-order valence-electron chi connectivity index (χ2n) is 10.1. The number of aliphatic hydroxyl groups is 1. The maximum Gasteiger partial charge on any atom is 0.254 e. The first-order valence-electron chi connectivity index (χ1n) is 13.0.